The maximum absolute atomic E-state index is 10.3. The molecule has 3 N–H and O–H groups in total. The maximum Gasteiger partial charge on any atom is 0.124 e. The number of aliphatic hydroxyl groups excluding tert-OH is 3. The van der Waals surface area contributed by atoms with Gasteiger partial charge in [-0.15, -0.1) is 0 Å². The van der Waals surface area contributed by atoms with Gasteiger partial charge in [-0.2, -0.15) is 0 Å². The second-order valence-corrected chi connectivity index (χ2v) is 7.32. The molecule has 2 aliphatic rings. The average molecular weight is 366 g/mol. The van der Waals surface area contributed by atoms with E-state index in [0.29, 0.717) is 26.2 Å². The first-order chi connectivity index (χ1) is 12.5. The fraction of sp³-hybridized carbons (Fsp3) is 0.684. The Hall–Kier alpha value is -1.38. The van der Waals surface area contributed by atoms with E-state index in [1.807, 2.05) is 18.2 Å². The minimum atomic E-state index is -0.578. The van der Waals surface area contributed by atoms with Gasteiger partial charge in [0.15, 0.2) is 0 Å². The first-order valence-electron chi connectivity index (χ1n) is 9.32. The number of aliphatic hydroxyl groups is 3. The zero-order valence-electron chi connectivity index (χ0n) is 15.4. The van der Waals surface area contributed by atoms with E-state index in [0.717, 1.165) is 43.0 Å². The average Bonchev–Trinajstić information content (AvgIpc) is 2.61. The number of ether oxygens (including phenoxy) is 2. The highest BCUT2D eigenvalue weighted by Gasteiger charge is 2.25. The first-order valence-corrected chi connectivity index (χ1v) is 9.32. The van der Waals surface area contributed by atoms with Gasteiger partial charge in [-0.1, -0.05) is 0 Å². The molecule has 2 saturated heterocycles. The van der Waals surface area contributed by atoms with Crippen molar-refractivity contribution in [1.82, 2.24) is 9.80 Å². The van der Waals surface area contributed by atoms with Crippen LogP contribution in [0, 0.1) is 0 Å². The Balaban J connectivity index is 1.52. The van der Waals surface area contributed by atoms with Gasteiger partial charge in [0.1, 0.15) is 24.2 Å². The molecular formula is C19H30N2O5. The maximum atomic E-state index is 10.3. The van der Waals surface area contributed by atoms with Gasteiger partial charge in [0.05, 0.1) is 19.3 Å². The second-order valence-electron chi connectivity index (χ2n) is 7.32. The van der Waals surface area contributed by atoms with Crippen molar-refractivity contribution in [3.63, 3.8) is 0 Å². The number of β-amino-alcohol motifs (C(OH)–C–C–N with tert-alkyl or cyclic N) is 2. The number of hydrogen-bond acceptors (Lipinski definition) is 7. The van der Waals surface area contributed by atoms with Gasteiger partial charge >= 0.3 is 0 Å². The van der Waals surface area contributed by atoms with Crippen LogP contribution < -0.4 is 9.47 Å². The molecule has 2 aliphatic heterocycles. The summed E-state index contributed by atoms with van der Waals surface area (Å²) in [4.78, 5) is 4.30. The van der Waals surface area contributed by atoms with Crippen molar-refractivity contribution in [3.8, 4) is 11.5 Å². The van der Waals surface area contributed by atoms with Crippen LogP contribution in [-0.2, 0) is 6.54 Å². The summed E-state index contributed by atoms with van der Waals surface area (Å²) in [5.41, 5.74) is 0.990. The lowest BCUT2D eigenvalue weighted by atomic mass is 10.1. The Morgan fingerprint density at radius 1 is 1.12 bits per heavy atom. The SMILES string of the molecule is COc1ccc(OCC(O)CN2CCC(O)CC2)c(CN2CC(O)C2)c1. The lowest BCUT2D eigenvalue weighted by Crippen LogP contribution is -2.49. The van der Waals surface area contributed by atoms with Crippen LogP contribution in [0.1, 0.15) is 18.4 Å². The van der Waals surface area contributed by atoms with E-state index in [1.165, 1.54) is 0 Å². The molecule has 1 unspecified atom stereocenters. The lowest BCUT2D eigenvalue weighted by molar-refractivity contribution is -0.00371. The standard InChI is InChI=1S/C19H30N2O5/c1-25-18-2-3-19(14(8-18)9-21-10-16(23)11-21)26-13-17(24)12-20-6-4-15(22)5-7-20/h2-3,8,15-17,22-24H,4-7,9-13H2,1H3. The molecule has 0 radical (unpaired) electrons. The molecule has 1 aromatic rings. The number of rotatable bonds is 8. The quantitative estimate of drug-likeness (QED) is 0.600. The summed E-state index contributed by atoms with van der Waals surface area (Å²) in [5.74, 6) is 1.50. The van der Waals surface area contributed by atoms with Gasteiger partial charge in [-0.3, -0.25) is 4.90 Å². The zero-order chi connectivity index (χ0) is 18.5. The normalized spacial score (nSPS) is 21.4. The first kappa shape index (κ1) is 19.4. The van der Waals surface area contributed by atoms with Crippen molar-refractivity contribution >= 4 is 0 Å². The third kappa shape index (κ3) is 5.31. The van der Waals surface area contributed by atoms with E-state index < -0.39 is 6.10 Å². The summed E-state index contributed by atoms with van der Waals surface area (Å²) in [7, 11) is 1.63. The Kier molecular flexibility index (Phi) is 6.72. The summed E-state index contributed by atoms with van der Waals surface area (Å²) in [5, 5.41) is 29.3. The van der Waals surface area contributed by atoms with Gasteiger partial charge in [0, 0.05) is 44.8 Å². The van der Waals surface area contributed by atoms with Gasteiger partial charge in [-0.25, -0.2) is 0 Å². The molecule has 1 atom stereocenters. The van der Waals surface area contributed by atoms with Crippen molar-refractivity contribution in [2.24, 2.45) is 0 Å². The van der Waals surface area contributed by atoms with E-state index in [9.17, 15) is 15.3 Å². The monoisotopic (exact) mass is 366 g/mol. The van der Waals surface area contributed by atoms with Crippen LogP contribution in [-0.4, -0.2) is 89.9 Å². The van der Waals surface area contributed by atoms with Crippen molar-refractivity contribution in [2.75, 3.05) is 46.4 Å². The molecule has 2 fully saturated rings. The van der Waals surface area contributed by atoms with E-state index in [4.69, 9.17) is 9.47 Å². The fourth-order valence-electron chi connectivity index (χ4n) is 3.50. The molecule has 1 aromatic carbocycles. The summed E-state index contributed by atoms with van der Waals surface area (Å²) in [6.07, 6.45) is 0.498. The molecule has 3 rings (SSSR count). The third-order valence-corrected chi connectivity index (χ3v) is 5.06. The molecule has 0 aliphatic carbocycles. The fourth-order valence-corrected chi connectivity index (χ4v) is 3.50. The van der Waals surface area contributed by atoms with Crippen molar-refractivity contribution in [3.05, 3.63) is 23.8 Å². The predicted molar refractivity (Wildman–Crippen MR) is 97.5 cm³/mol. The number of hydrogen-bond donors (Lipinski definition) is 3. The summed E-state index contributed by atoms with van der Waals surface area (Å²) in [6, 6.07) is 5.66. The Bertz CT molecular complexity index is 571. The van der Waals surface area contributed by atoms with Crippen molar-refractivity contribution in [2.45, 2.75) is 37.7 Å². The topological polar surface area (TPSA) is 85.6 Å². The highest BCUT2D eigenvalue weighted by molar-refractivity contribution is 5.40. The van der Waals surface area contributed by atoms with Crippen LogP contribution in [0.4, 0.5) is 0 Å². The molecule has 2 heterocycles. The minimum absolute atomic E-state index is 0.207. The van der Waals surface area contributed by atoms with E-state index in [1.54, 1.807) is 7.11 Å². The number of methoxy groups -OCH3 is 1. The van der Waals surface area contributed by atoms with Gasteiger partial charge in [-0.05, 0) is 31.0 Å². The van der Waals surface area contributed by atoms with Crippen molar-refractivity contribution < 1.29 is 24.8 Å². The summed E-state index contributed by atoms with van der Waals surface area (Å²) in [6.45, 7) is 4.41. The summed E-state index contributed by atoms with van der Waals surface area (Å²) >= 11 is 0. The Labute approximate surface area is 154 Å². The molecular weight excluding hydrogens is 336 g/mol. The zero-order valence-corrected chi connectivity index (χ0v) is 15.4. The van der Waals surface area contributed by atoms with Crippen LogP contribution in [0.2, 0.25) is 0 Å². The van der Waals surface area contributed by atoms with E-state index in [2.05, 4.69) is 9.80 Å². The molecule has 26 heavy (non-hydrogen) atoms. The van der Waals surface area contributed by atoms with E-state index >= 15 is 0 Å². The number of piperidine rings is 1. The van der Waals surface area contributed by atoms with Crippen LogP contribution in [0.3, 0.4) is 0 Å². The highest BCUT2D eigenvalue weighted by Crippen LogP contribution is 2.27. The van der Waals surface area contributed by atoms with E-state index in [-0.39, 0.29) is 18.8 Å². The number of likely N-dealkylation sites (tertiary alicyclic amines) is 2. The Morgan fingerprint density at radius 2 is 1.85 bits per heavy atom. The van der Waals surface area contributed by atoms with Crippen LogP contribution in [0.25, 0.3) is 0 Å². The number of benzene rings is 1. The van der Waals surface area contributed by atoms with Gasteiger partial charge < -0.3 is 29.7 Å². The van der Waals surface area contributed by atoms with Crippen LogP contribution in [0.5, 0.6) is 11.5 Å². The Morgan fingerprint density at radius 3 is 2.50 bits per heavy atom. The molecule has 7 heteroatoms. The largest absolute Gasteiger partial charge is 0.497 e. The van der Waals surface area contributed by atoms with Crippen LogP contribution in [0.15, 0.2) is 18.2 Å². The molecule has 0 spiro atoms. The molecule has 7 nitrogen and oxygen atoms in total. The molecule has 0 saturated carbocycles. The molecule has 146 valence electrons. The minimum Gasteiger partial charge on any atom is -0.497 e. The third-order valence-electron chi connectivity index (χ3n) is 5.06. The molecule has 0 aromatic heterocycles. The smallest absolute Gasteiger partial charge is 0.124 e. The van der Waals surface area contributed by atoms with Gasteiger partial charge in [0.2, 0.25) is 0 Å². The second kappa shape index (κ2) is 9.01. The lowest BCUT2D eigenvalue weighted by Gasteiger charge is -2.36. The van der Waals surface area contributed by atoms with Gasteiger partial charge in [0.25, 0.3) is 0 Å². The summed E-state index contributed by atoms with van der Waals surface area (Å²) < 4.78 is 11.2. The molecule has 0 amide bonds. The number of nitrogens with zero attached hydrogens (tertiary/aromatic N) is 2. The van der Waals surface area contributed by atoms with Crippen LogP contribution >= 0.6 is 0 Å². The molecule has 0 bridgehead atoms. The predicted octanol–water partition coefficient (Wildman–Crippen LogP) is 0.0681. The van der Waals surface area contributed by atoms with Crippen molar-refractivity contribution in [1.29, 1.82) is 0 Å². The highest BCUT2D eigenvalue weighted by atomic mass is 16.5.